The van der Waals surface area contributed by atoms with Crippen LogP contribution < -0.4 is 5.32 Å². The smallest absolute Gasteiger partial charge is 0.254 e. The Morgan fingerprint density at radius 2 is 1.90 bits per heavy atom. The standard InChI is InChI=1S/C23H35FN4O3/c1-4-26(5-2)12-13-28(6-3)21(29)20-16-27(15-18-7-9-19(24)10-8-18)17-23(20)22(30)25-11-14-31-23/h7-10,20H,4-6,11-17H2,1-3H3,(H,25,30)/t20-,23-/m1/s1. The first-order valence-corrected chi connectivity index (χ1v) is 11.3. The highest BCUT2D eigenvalue weighted by Gasteiger charge is 2.58. The SMILES string of the molecule is CCN(CC)CCN(CC)C(=O)[C@H]1CN(Cc2ccc(F)cc2)C[C@@]12OCCNC2=O. The number of rotatable bonds is 9. The number of benzene rings is 1. The lowest BCUT2D eigenvalue weighted by Gasteiger charge is -2.38. The fourth-order valence-corrected chi connectivity index (χ4v) is 4.59. The number of likely N-dealkylation sites (tertiary alicyclic amines) is 1. The molecule has 0 aliphatic carbocycles. The summed E-state index contributed by atoms with van der Waals surface area (Å²) in [6.07, 6.45) is 0. The minimum absolute atomic E-state index is 0.0340. The minimum atomic E-state index is -1.17. The highest BCUT2D eigenvalue weighted by Crippen LogP contribution is 2.35. The van der Waals surface area contributed by atoms with E-state index >= 15 is 0 Å². The maximum atomic E-state index is 13.6. The molecule has 0 unspecified atom stereocenters. The number of halogens is 1. The van der Waals surface area contributed by atoms with Gasteiger partial charge in [-0.2, -0.15) is 0 Å². The van der Waals surface area contributed by atoms with Gasteiger partial charge in [0, 0.05) is 45.8 Å². The Labute approximate surface area is 184 Å². The summed E-state index contributed by atoms with van der Waals surface area (Å²) < 4.78 is 19.3. The maximum absolute atomic E-state index is 13.6. The summed E-state index contributed by atoms with van der Waals surface area (Å²) in [6, 6.07) is 6.34. The van der Waals surface area contributed by atoms with Crippen LogP contribution in [0.4, 0.5) is 4.39 Å². The molecule has 0 aromatic heterocycles. The average molecular weight is 435 g/mol. The van der Waals surface area contributed by atoms with E-state index in [-0.39, 0.29) is 17.6 Å². The number of hydrogen-bond donors (Lipinski definition) is 1. The van der Waals surface area contributed by atoms with E-state index in [2.05, 4.69) is 29.0 Å². The van der Waals surface area contributed by atoms with E-state index in [0.29, 0.717) is 45.9 Å². The van der Waals surface area contributed by atoms with Crippen molar-refractivity contribution in [3.05, 3.63) is 35.6 Å². The third kappa shape index (κ3) is 5.25. The number of nitrogens with zero attached hydrogens (tertiary/aromatic N) is 3. The van der Waals surface area contributed by atoms with Crippen LogP contribution in [0.2, 0.25) is 0 Å². The fraction of sp³-hybridized carbons (Fsp3) is 0.652. The van der Waals surface area contributed by atoms with Crippen molar-refractivity contribution >= 4 is 11.8 Å². The molecule has 0 saturated carbocycles. The molecule has 1 aromatic rings. The summed E-state index contributed by atoms with van der Waals surface area (Å²) in [4.78, 5) is 32.7. The van der Waals surface area contributed by atoms with Gasteiger partial charge >= 0.3 is 0 Å². The molecule has 31 heavy (non-hydrogen) atoms. The van der Waals surface area contributed by atoms with Crippen LogP contribution in [0.25, 0.3) is 0 Å². The van der Waals surface area contributed by atoms with Crippen molar-refractivity contribution in [1.29, 1.82) is 0 Å². The number of hydrogen-bond acceptors (Lipinski definition) is 5. The van der Waals surface area contributed by atoms with E-state index in [9.17, 15) is 14.0 Å². The molecule has 1 N–H and O–H groups in total. The Morgan fingerprint density at radius 1 is 1.19 bits per heavy atom. The van der Waals surface area contributed by atoms with Crippen molar-refractivity contribution in [3.63, 3.8) is 0 Å². The van der Waals surface area contributed by atoms with Crippen molar-refractivity contribution in [2.75, 3.05) is 59.0 Å². The Kier molecular flexibility index (Phi) is 8.02. The molecule has 0 bridgehead atoms. The zero-order valence-electron chi connectivity index (χ0n) is 18.9. The van der Waals surface area contributed by atoms with Crippen molar-refractivity contribution in [1.82, 2.24) is 20.0 Å². The molecule has 2 atom stereocenters. The third-order valence-corrected chi connectivity index (χ3v) is 6.49. The molecule has 1 spiro atoms. The van der Waals surface area contributed by atoms with Crippen molar-refractivity contribution in [2.45, 2.75) is 32.9 Å². The second kappa shape index (κ2) is 10.5. The average Bonchev–Trinajstić information content (AvgIpc) is 3.13. The number of likely N-dealkylation sites (N-methyl/N-ethyl adjacent to an activating group) is 2. The molecule has 2 saturated heterocycles. The molecule has 2 aliphatic heterocycles. The molecule has 2 amide bonds. The summed E-state index contributed by atoms with van der Waals surface area (Å²) in [5.74, 6) is -1.09. The van der Waals surface area contributed by atoms with Gasteiger partial charge in [0.05, 0.1) is 12.5 Å². The second-order valence-electron chi connectivity index (χ2n) is 8.29. The predicted octanol–water partition coefficient (Wildman–Crippen LogP) is 1.33. The topological polar surface area (TPSA) is 65.1 Å². The number of ether oxygens (including phenoxy) is 1. The lowest BCUT2D eigenvalue weighted by Crippen LogP contribution is -2.62. The van der Waals surface area contributed by atoms with Gasteiger partial charge in [0.1, 0.15) is 5.82 Å². The quantitative estimate of drug-likeness (QED) is 0.635. The first-order chi connectivity index (χ1) is 14.9. The molecule has 2 fully saturated rings. The molecule has 8 heteroatoms. The van der Waals surface area contributed by atoms with Crippen LogP contribution >= 0.6 is 0 Å². The lowest BCUT2D eigenvalue weighted by molar-refractivity contribution is -0.167. The Balaban J connectivity index is 1.78. The monoisotopic (exact) mass is 434 g/mol. The van der Waals surface area contributed by atoms with E-state index in [0.717, 1.165) is 25.2 Å². The largest absolute Gasteiger partial charge is 0.361 e. The first-order valence-electron chi connectivity index (χ1n) is 11.3. The fourth-order valence-electron chi connectivity index (χ4n) is 4.59. The van der Waals surface area contributed by atoms with Gasteiger partial charge < -0.3 is 19.9 Å². The van der Waals surface area contributed by atoms with Gasteiger partial charge in [0.2, 0.25) is 5.91 Å². The highest BCUT2D eigenvalue weighted by atomic mass is 19.1. The summed E-state index contributed by atoms with van der Waals surface area (Å²) in [7, 11) is 0. The molecule has 7 nitrogen and oxygen atoms in total. The van der Waals surface area contributed by atoms with E-state index < -0.39 is 11.5 Å². The van der Waals surface area contributed by atoms with Crippen LogP contribution in [-0.2, 0) is 20.9 Å². The molecule has 3 rings (SSSR count). The molecular weight excluding hydrogens is 399 g/mol. The zero-order valence-corrected chi connectivity index (χ0v) is 18.9. The third-order valence-electron chi connectivity index (χ3n) is 6.49. The minimum Gasteiger partial charge on any atom is -0.361 e. The van der Waals surface area contributed by atoms with E-state index in [1.807, 2.05) is 11.8 Å². The van der Waals surface area contributed by atoms with E-state index in [4.69, 9.17) is 4.74 Å². The normalized spacial score (nSPS) is 24.0. The number of amides is 2. The van der Waals surface area contributed by atoms with Crippen LogP contribution in [0, 0.1) is 11.7 Å². The second-order valence-corrected chi connectivity index (χ2v) is 8.29. The summed E-state index contributed by atoms with van der Waals surface area (Å²) >= 11 is 0. The van der Waals surface area contributed by atoms with E-state index in [1.165, 1.54) is 12.1 Å². The Bertz CT molecular complexity index is 756. The Hall–Kier alpha value is -2.03. The van der Waals surface area contributed by atoms with Crippen molar-refractivity contribution in [2.24, 2.45) is 5.92 Å². The first kappa shape index (κ1) is 23.6. The number of carbonyl (C=O) groups excluding carboxylic acids is 2. The number of morpholine rings is 1. The van der Waals surface area contributed by atoms with Gasteiger partial charge in [-0.3, -0.25) is 14.5 Å². The van der Waals surface area contributed by atoms with Crippen LogP contribution in [0.5, 0.6) is 0 Å². The van der Waals surface area contributed by atoms with Crippen LogP contribution in [-0.4, -0.2) is 91.1 Å². The van der Waals surface area contributed by atoms with Gasteiger partial charge in [0.15, 0.2) is 5.60 Å². The van der Waals surface area contributed by atoms with Crippen LogP contribution in [0.3, 0.4) is 0 Å². The molecular formula is C23H35FN4O3. The van der Waals surface area contributed by atoms with Crippen LogP contribution in [0.1, 0.15) is 26.3 Å². The number of nitrogens with one attached hydrogen (secondary N) is 1. The molecule has 2 heterocycles. The highest BCUT2D eigenvalue weighted by molar-refractivity contribution is 5.94. The van der Waals surface area contributed by atoms with Crippen molar-refractivity contribution in [3.8, 4) is 0 Å². The van der Waals surface area contributed by atoms with Crippen LogP contribution in [0.15, 0.2) is 24.3 Å². The molecule has 0 radical (unpaired) electrons. The molecule has 2 aliphatic rings. The van der Waals surface area contributed by atoms with Crippen molar-refractivity contribution < 1.29 is 18.7 Å². The van der Waals surface area contributed by atoms with Gasteiger partial charge in [-0.15, -0.1) is 0 Å². The molecule has 172 valence electrons. The lowest BCUT2D eigenvalue weighted by atomic mass is 9.87. The van der Waals surface area contributed by atoms with Gasteiger partial charge in [0.25, 0.3) is 5.91 Å². The molecule has 1 aromatic carbocycles. The van der Waals surface area contributed by atoms with Gasteiger partial charge in [-0.25, -0.2) is 4.39 Å². The summed E-state index contributed by atoms with van der Waals surface area (Å²) in [5.41, 5.74) is -0.229. The predicted molar refractivity (Wildman–Crippen MR) is 117 cm³/mol. The summed E-state index contributed by atoms with van der Waals surface area (Å²) in [6.45, 7) is 12.3. The van der Waals surface area contributed by atoms with E-state index in [1.54, 1.807) is 12.1 Å². The van der Waals surface area contributed by atoms with Gasteiger partial charge in [-0.05, 0) is 37.7 Å². The Morgan fingerprint density at radius 3 is 2.52 bits per heavy atom. The zero-order chi connectivity index (χ0) is 22.4. The summed E-state index contributed by atoms with van der Waals surface area (Å²) in [5, 5.41) is 2.90. The maximum Gasteiger partial charge on any atom is 0.254 e. The van der Waals surface area contributed by atoms with Gasteiger partial charge in [-0.1, -0.05) is 26.0 Å². The number of carbonyl (C=O) groups is 2.